The minimum atomic E-state index is -4.91. The van der Waals surface area contributed by atoms with Crippen molar-refractivity contribution in [2.75, 3.05) is 48.9 Å². The minimum Gasteiger partial charge on any atom is -0.388 e. The molecule has 4 N–H and O–H groups in total. The van der Waals surface area contributed by atoms with Gasteiger partial charge in [0.1, 0.15) is 18.0 Å². The van der Waals surface area contributed by atoms with E-state index in [0.29, 0.717) is 34.4 Å². The van der Waals surface area contributed by atoms with Crippen LogP contribution in [-0.4, -0.2) is 86.2 Å². The number of pyridine rings is 1. The molecular formula is C28H30F3N11O3. The number of anilines is 4. The Morgan fingerprint density at radius 2 is 1.76 bits per heavy atom. The molecule has 0 spiro atoms. The van der Waals surface area contributed by atoms with Crippen molar-refractivity contribution in [2.24, 2.45) is 5.73 Å². The number of halogens is 3. The summed E-state index contributed by atoms with van der Waals surface area (Å²) in [7, 11) is 2.06. The lowest BCUT2D eigenvalue weighted by Crippen LogP contribution is -2.47. The second-order valence-corrected chi connectivity index (χ2v) is 10.3. The van der Waals surface area contributed by atoms with Gasteiger partial charge in [-0.15, -0.1) is 13.2 Å². The van der Waals surface area contributed by atoms with Crippen molar-refractivity contribution in [2.45, 2.75) is 20.2 Å². The lowest BCUT2D eigenvalue weighted by atomic mass is 10.1. The van der Waals surface area contributed by atoms with Crippen LogP contribution in [0, 0.1) is 13.8 Å². The van der Waals surface area contributed by atoms with Crippen LogP contribution in [0.1, 0.15) is 21.6 Å². The SMILES string of the molecule is Cc1cc(N(C(N)=O)c2cc(NC(=O)c3ccc(OC(F)(F)F)nc3)ccc2C)n(-c2cc(NN3CCN(C)CC3)ncn2)n1. The molecule has 1 saturated heterocycles. The topological polar surface area (TPSA) is 160 Å². The number of nitrogens with one attached hydrogen (secondary N) is 2. The Kier molecular flexibility index (Phi) is 8.82. The maximum atomic E-state index is 13.0. The Balaban J connectivity index is 1.41. The number of rotatable bonds is 8. The number of alkyl halides is 3. The standard InChI is InChI=1S/C28H30F3N11O3/c1-17-4-6-20(36-26(43)19-5-7-24(33-15-19)45-28(29,30)31)13-21(17)41(27(32)44)25-12-18(2)37-42(25)23-14-22(34-16-35-23)38-40-10-8-39(3)9-11-40/h4-7,12-16H,8-11H2,1-3H3,(H2,32,44)(H,36,43)(H,34,35,38). The van der Waals surface area contributed by atoms with Gasteiger partial charge in [-0.3, -0.25) is 4.79 Å². The van der Waals surface area contributed by atoms with Gasteiger partial charge in [0.15, 0.2) is 5.82 Å². The van der Waals surface area contributed by atoms with Gasteiger partial charge in [-0.1, -0.05) is 6.07 Å². The first kappa shape index (κ1) is 31.1. The predicted molar refractivity (Wildman–Crippen MR) is 158 cm³/mol. The van der Waals surface area contributed by atoms with Gasteiger partial charge in [0.2, 0.25) is 5.88 Å². The number of carbonyl (C=O) groups is 2. The zero-order valence-electron chi connectivity index (χ0n) is 24.5. The van der Waals surface area contributed by atoms with Crippen LogP contribution in [0.3, 0.4) is 0 Å². The number of hydrazine groups is 1. The summed E-state index contributed by atoms with van der Waals surface area (Å²) in [6.07, 6.45) is -2.56. The first-order chi connectivity index (χ1) is 21.4. The zero-order valence-corrected chi connectivity index (χ0v) is 24.5. The smallest absolute Gasteiger partial charge is 0.388 e. The van der Waals surface area contributed by atoms with E-state index in [4.69, 9.17) is 5.73 Å². The third-order valence-corrected chi connectivity index (χ3v) is 6.83. The fourth-order valence-corrected chi connectivity index (χ4v) is 4.60. The first-order valence-corrected chi connectivity index (χ1v) is 13.7. The summed E-state index contributed by atoms with van der Waals surface area (Å²) in [5.41, 5.74) is 11.0. The van der Waals surface area contributed by atoms with Gasteiger partial charge in [0.25, 0.3) is 5.91 Å². The average molecular weight is 626 g/mol. The highest BCUT2D eigenvalue weighted by atomic mass is 19.4. The fourth-order valence-electron chi connectivity index (χ4n) is 4.60. The second-order valence-electron chi connectivity index (χ2n) is 10.3. The number of hydrogen-bond acceptors (Lipinski definition) is 10. The third kappa shape index (κ3) is 7.63. The quantitative estimate of drug-likeness (QED) is 0.264. The number of piperazine rings is 1. The van der Waals surface area contributed by atoms with Crippen molar-refractivity contribution >= 4 is 34.9 Å². The molecule has 17 heteroatoms. The van der Waals surface area contributed by atoms with Gasteiger partial charge >= 0.3 is 12.4 Å². The highest BCUT2D eigenvalue weighted by molar-refractivity contribution is 6.05. The van der Waals surface area contributed by atoms with E-state index in [1.54, 1.807) is 44.2 Å². The molecule has 45 heavy (non-hydrogen) atoms. The number of amides is 3. The third-order valence-electron chi connectivity index (χ3n) is 6.83. The molecule has 1 aliphatic rings. The number of nitrogens with two attached hydrogens (primary N) is 1. The summed E-state index contributed by atoms with van der Waals surface area (Å²) >= 11 is 0. The van der Waals surface area contributed by atoms with Crippen LogP contribution in [0.2, 0.25) is 0 Å². The van der Waals surface area contributed by atoms with Crippen LogP contribution in [-0.2, 0) is 0 Å². The van der Waals surface area contributed by atoms with Gasteiger partial charge in [-0.05, 0) is 44.7 Å². The molecule has 0 bridgehead atoms. The fraction of sp³-hybridized carbons (Fsp3) is 0.286. The zero-order chi connectivity index (χ0) is 32.3. The highest BCUT2D eigenvalue weighted by Crippen LogP contribution is 2.33. The Morgan fingerprint density at radius 3 is 2.42 bits per heavy atom. The number of urea groups is 1. The molecule has 0 aliphatic carbocycles. The van der Waals surface area contributed by atoms with Crippen LogP contribution >= 0.6 is 0 Å². The first-order valence-electron chi connectivity index (χ1n) is 13.7. The lowest BCUT2D eigenvalue weighted by molar-refractivity contribution is -0.276. The van der Waals surface area contributed by atoms with E-state index in [2.05, 4.69) is 52.5 Å². The molecule has 1 fully saturated rings. The molecule has 0 unspecified atom stereocenters. The molecule has 236 valence electrons. The molecule has 4 aromatic rings. The van der Waals surface area contributed by atoms with Crippen LogP contribution < -0.4 is 26.1 Å². The number of carbonyl (C=O) groups excluding carboxylic acids is 2. The summed E-state index contributed by atoms with van der Waals surface area (Å²) in [5.74, 6) is -0.137. The van der Waals surface area contributed by atoms with Gasteiger partial charge in [0, 0.05) is 56.3 Å². The number of hydrogen-bond donors (Lipinski definition) is 3. The Bertz CT molecular complexity index is 1690. The maximum absolute atomic E-state index is 13.0. The molecule has 0 atom stereocenters. The van der Waals surface area contributed by atoms with E-state index in [-0.39, 0.29) is 11.3 Å². The molecule has 3 amide bonds. The molecule has 5 rings (SSSR count). The predicted octanol–water partition coefficient (Wildman–Crippen LogP) is 3.62. The molecule has 1 aromatic carbocycles. The van der Waals surface area contributed by atoms with Crippen molar-refractivity contribution in [1.29, 1.82) is 0 Å². The summed E-state index contributed by atoms with van der Waals surface area (Å²) < 4.78 is 42.6. The molecule has 14 nitrogen and oxygen atoms in total. The summed E-state index contributed by atoms with van der Waals surface area (Å²) in [6.45, 7) is 6.93. The van der Waals surface area contributed by atoms with Crippen LogP contribution in [0.5, 0.6) is 5.88 Å². The molecule has 1 aliphatic heterocycles. The van der Waals surface area contributed by atoms with Crippen LogP contribution in [0.15, 0.2) is 55.0 Å². The van der Waals surface area contributed by atoms with Crippen molar-refractivity contribution < 1.29 is 27.5 Å². The Morgan fingerprint density at radius 1 is 1.00 bits per heavy atom. The molecule has 0 radical (unpaired) electrons. The van der Waals surface area contributed by atoms with Gasteiger partial charge in [-0.2, -0.15) is 9.78 Å². The van der Waals surface area contributed by atoms with E-state index in [1.807, 2.05) is 0 Å². The number of aromatic nitrogens is 5. The number of aryl methyl sites for hydroxylation is 2. The van der Waals surface area contributed by atoms with Gasteiger partial charge in [-0.25, -0.2) is 29.7 Å². The normalized spacial score (nSPS) is 14.2. The van der Waals surface area contributed by atoms with Crippen molar-refractivity contribution in [1.82, 2.24) is 34.6 Å². The van der Waals surface area contributed by atoms with Crippen LogP contribution in [0.25, 0.3) is 5.82 Å². The second kappa shape index (κ2) is 12.7. The lowest BCUT2D eigenvalue weighted by Gasteiger charge is -2.32. The van der Waals surface area contributed by atoms with Crippen molar-refractivity contribution in [3.63, 3.8) is 0 Å². The van der Waals surface area contributed by atoms with Gasteiger partial charge < -0.3 is 26.1 Å². The van der Waals surface area contributed by atoms with E-state index in [0.717, 1.165) is 44.5 Å². The summed E-state index contributed by atoms with van der Waals surface area (Å²) in [6, 6.07) is 9.45. The minimum absolute atomic E-state index is 0.0168. The Labute approximate surface area is 255 Å². The van der Waals surface area contributed by atoms with Crippen molar-refractivity contribution in [3.05, 3.63) is 71.8 Å². The monoisotopic (exact) mass is 625 g/mol. The van der Waals surface area contributed by atoms with E-state index in [1.165, 1.54) is 15.9 Å². The molecule has 0 saturated carbocycles. The maximum Gasteiger partial charge on any atom is 0.574 e. The van der Waals surface area contributed by atoms with E-state index < -0.39 is 24.2 Å². The van der Waals surface area contributed by atoms with Crippen molar-refractivity contribution in [3.8, 4) is 11.7 Å². The average Bonchev–Trinajstić information content (AvgIpc) is 3.36. The molecule has 3 aromatic heterocycles. The van der Waals surface area contributed by atoms with E-state index in [9.17, 15) is 22.8 Å². The Hall–Kier alpha value is -5.29. The number of ether oxygens (including phenoxy) is 1. The number of nitrogens with zero attached hydrogens (tertiary/aromatic N) is 8. The molecule has 4 heterocycles. The largest absolute Gasteiger partial charge is 0.574 e. The number of likely N-dealkylation sites (N-methyl/N-ethyl adjacent to an activating group) is 1. The van der Waals surface area contributed by atoms with Gasteiger partial charge in [0.05, 0.1) is 16.9 Å². The highest BCUT2D eigenvalue weighted by Gasteiger charge is 2.32. The summed E-state index contributed by atoms with van der Waals surface area (Å²) in [4.78, 5) is 41.5. The molecular weight excluding hydrogens is 595 g/mol. The van der Waals surface area contributed by atoms with E-state index >= 15 is 0 Å². The van der Waals surface area contributed by atoms with Crippen LogP contribution in [0.4, 0.5) is 41.0 Å². The summed E-state index contributed by atoms with van der Waals surface area (Å²) in [5, 5.41) is 9.26. The number of benzene rings is 1. The number of primary amides is 1.